The molecular formula is C14H27NO6S. The Bertz CT molecular complexity index is 466. The molecule has 0 aromatic heterocycles. The second kappa shape index (κ2) is 9.94. The maximum absolute atomic E-state index is 11.3. The van der Waals surface area contributed by atoms with E-state index in [0.717, 1.165) is 31.2 Å². The van der Waals surface area contributed by atoms with E-state index in [4.69, 9.17) is 4.74 Å². The number of morpholine rings is 1. The van der Waals surface area contributed by atoms with Crippen molar-refractivity contribution >= 4 is 16.4 Å². The van der Waals surface area contributed by atoms with Crippen LogP contribution < -0.4 is 0 Å². The molecule has 130 valence electrons. The van der Waals surface area contributed by atoms with E-state index in [2.05, 4.69) is 0 Å². The predicted molar refractivity (Wildman–Crippen MR) is 84.0 cm³/mol. The third-order valence-electron chi connectivity index (χ3n) is 3.37. The number of ether oxygens (including phenoxy) is 1. The van der Waals surface area contributed by atoms with E-state index in [-0.39, 0.29) is 16.3 Å². The molecule has 7 nitrogen and oxygen atoms in total. The Kier molecular flexibility index (Phi) is 9.50. The van der Waals surface area contributed by atoms with E-state index in [1.54, 1.807) is 0 Å². The Morgan fingerprint density at radius 1 is 1.18 bits per heavy atom. The molecule has 22 heavy (non-hydrogen) atoms. The second-order valence-electron chi connectivity index (χ2n) is 5.53. The van der Waals surface area contributed by atoms with Crippen molar-refractivity contribution in [3.05, 3.63) is 10.6 Å². The minimum Gasteiger partial charge on any atom is -0.412 e. The monoisotopic (exact) mass is 337 g/mol. The lowest BCUT2D eigenvalue weighted by atomic mass is 10.0. The first-order valence-electron chi connectivity index (χ1n) is 7.33. The summed E-state index contributed by atoms with van der Waals surface area (Å²) in [5, 5.41) is 0. The average molecular weight is 337 g/mol. The Hall–Kier alpha value is -0.960. The van der Waals surface area contributed by atoms with E-state index in [9.17, 15) is 17.8 Å². The van der Waals surface area contributed by atoms with Gasteiger partial charge in [0.25, 0.3) is 10.1 Å². The van der Waals surface area contributed by atoms with Gasteiger partial charge in [-0.25, -0.2) is 0 Å². The van der Waals surface area contributed by atoms with Crippen molar-refractivity contribution in [3.63, 3.8) is 0 Å². The number of aldehydes is 1. The van der Waals surface area contributed by atoms with Gasteiger partial charge in [-0.15, -0.1) is 0 Å². The zero-order valence-corrected chi connectivity index (χ0v) is 14.1. The lowest BCUT2D eigenvalue weighted by molar-refractivity contribution is -0.110. The van der Waals surface area contributed by atoms with Gasteiger partial charge in [-0.05, 0) is 25.7 Å². The van der Waals surface area contributed by atoms with Crippen LogP contribution in [0, 0.1) is 5.92 Å². The number of nitrogens with zero attached hydrogens (tertiary/aromatic N) is 1. The molecule has 0 amide bonds. The van der Waals surface area contributed by atoms with Crippen molar-refractivity contribution < 1.29 is 28.0 Å². The number of hydrogen-bond acceptors (Lipinski definition) is 5. The van der Waals surface area contributed by atoms with Crippen LogP contribution in [0.5, 0.6) is 0 Å². The third kappa shape index (κ3) is 6.87. The lowest BCUT2D eigenvalue weighted by Gasteiger charge is -2.34. The fraction of sp³-hybridized carbons (Fsp3) is 0.786. The maximum atomic E-state index is 11.3. The van der Waals surface area contributed by atoms with Crippen molar-refractivity contribution in [2.45, 2.75) is 39.5 Å². The van der Waals surface area contributed by atoms with Gasteiger partial charge in [-0.3, -0.25) is 4.55 Å². The number of hydrogen-bond donors (Lipinski definition) is 1. The molecule has 0 aromatic rings. The van der Waals surface area contributed by atoms with E-state index >= 15 is 0 Å². The zero-order valence-electron chi connectivity index (χ0n) is 13.2. The summed E-state index contributed by atoms with van der Waals surface area (Å²) in [4.78, 5) is 11.8. The Morgan fingerprint density at radius 2 is 1.68 bits per heavy atom. The van der Waals surface area contributed by atoms with Gasteiger partial charge in [0.1, 0.15) is 6.29 Å². The molecule has 1 aliphatic carbocycles. The second-order valence-corrected chi connectivity index (χ2v) is 6.97. The predicted octanol–water partition coefficient (Wildman–Crippen LogP) is 1.01. The first kappa shape index (κ1) is 21.0. The molecule has 0 radical (unpaired) electrons. The van der Waals surface area contributed by atoms with Gasteiger partial charge in [0, 0.05) is 24.7 Å². The first-order chi connectivity index (χ1) is 9.86. The Balaban J connectivity index is 0.000000644. The van der Waals surface area contributed by atoms with Gasteiger partial charge in [0.15, 0.2) is 0 Å². The summed E-state index contributed by atoms with van der Waals surface area (Å²) in [7, 11) is -4.03. The topological polar surface area (TPSA) is 115 Å². The lowest BCUT2D eigenvalue weighted by Crippen LogP contribution is -2.37. The largest absolute Gasteiger partial charge is 0.412 e. The Labute approximate surface area is 132 Å². The van der Waals surface area contributed by atoms with E-state index < -0.39 is 10.1 Å². The van der Waals surface area contributed by atoms with Crippen LogP contribution in [0.4, 0.5) is 0 Å². The van der Waals surface area contributed by atoms with Crippen LogP contribution in [-0.4, -0.2) is 55.9 Å². The molecular weight excluding hydrogens is 310 g/mol. The summed E-state index contributed by atoms with van der Waals surface area (Å²) in [6.07, 6.45) is 3.95. The van der Waals surface area contributed by atoms with E-state index in [1.807, 2.05) is 18.7 Å². The smallest absolute Gasteiger partial charge is 0.292 e. The van der Waals surface area contributed by atoms with Gasteiger partial charge in [0.2, 0.25) is 0 Å². The number of carbonyl (C=O) groups excluding carboxylic acids is 1. The molecule has 0 bridgehead atoms. The average Bonchev–Trinajstić information content (AvgIpc) is 2.48. The van der Waals surface area contributed by atoms with Crippen molar-refractivity contribution in [1.29, 1.82) is 0 Å². The van der Waals surface area contributed by atoms with Gasteiger partial charge >= 0.3 is 0 Å². The van der Waals surface area contributed by atoms with Crippen LogP contribution in [0.3, 0.4) is 0 Å². The summed E-state index contributed by atoms with van der Waals surface area (Å²) < 4.78 is 37.0. The van der Waals surface area contributed by atoms with Gasteiger partial charge < -0.3 is 19.9 Å². The third-order valence-corrected chi connectivity index (χ3v) is 4.43. The van der Waals surface area contributed by atoms with Crippen LogP contribution in [0.15, 0.2) is 10.6 Å². The molecule has 8 heteroatoms. The first-order valence-corrected chi connectivity index (χ1v) is 8.77. The van der Waals surface area contributed by atoms with Crippen LogP contribution in [0.2, 0.25) is 0 Å². The quantitative estimate of drug-likeness (QED) is 0.607. The highest BCUT2D eigenvalue weighted by Crippen LogP contribution is 2.30. The van der Waals surface area contributed by atoms with E-state index in [0.29, 0.717) is 32.7 Å². The molecule has 0 aromatic carbocycles. The number of rotatable bonds is 3. The molecule has 0 atom stereocenters. The molecule has 3 N–H and O–H groups in total. The fourth-order valence-corrected chi connectivity index (χ4v) is 3.24. The number of allylic oxidation sites excluding steroid dienone is 2. The van der Waals surface area contributed by atoms with Gasteiger partial charge in [-0.2, -0.15) is 8.42 Å². The van der Waals surface area contributed by atoms with E-state index in [1.165, 1.54) is 0 Å². The number of carbonyl (C=O) groups is 1. The normalized spacial score (nSPS) is 19.2. The molecule has 0 unspecified atom stereocenters. The highest BCUT2D eigenvalue weighted by atomic mass is 32.2. The van der Waals surface area contributed by atoms with Crippen molar-refractivity contribution in [1.82, 2.24) is 4.90 Å². The molecule has 1 saturated heterocycles. The molecule has 2 rings (SSSR count). The SMILES string of the molecule is CC(C)C=O.O.O=S(=O)(O)C1=C(N2CCOCC2)CCCC1. The minimum atomic E-state index is -4.03. The molecule has 1 fully saturated rings. The summed E-state index contributed by atoms with van der Waals surface area (Å²) in [6, 6.07) is 0. The zero-order chi connectivity index (χ0) is 15.9. The van der Waals surface area contributed by atoms with Crippen molar-refractivity contribution in [2.75, 3.05) is 26.3 Å². The summed E-state index contributed by atoms with van der Waals surface area (Å²) >= 11 is 0. The van der Waals surface area contributed by atoms with Crippen molar-refractivity contribution in [2.24, 2.45) is 5.92 Å². The minimum absolute atomic E-state index is 0. The molecule has 0 spiro atoms. The standard InChI is InChI=1S/C10H17NO4S.C4H8O.H2O/c12-16(13,14)10-4-2-1-3-9(10)11-5-7-15-8-6-11;1-4(2)3-5;/h1-8H2,(H,12,13,14);3-4H,1-2H3;1H2. The van der Waals surface area contributed by atoms with Gasteiger partial charge in [0.05, 0.1) is 18.1 Å². The van der Waals surface area contributed by atoms with Gasteiger partial charge in [-0.1, -0.05) is 13.8 Å². The summed E-state index contributed by atoms with van der Waals surface area (Å²) in [5.74, 6) is 0.204. The van der Waals surface area contributed by atoms with Crippen LogP contribution >= 0.6 is 0 Å². The summed E-state index contributed by atoms with van der Waals surface area (Å²) in [5.41, 5.74) is 0.803. The van der Waals surface area contributed by atoms with Crippen LogP contribution in [-0.2, 0) is 19.6 Å². The molecule has 0 saturated carbocycles. The molecule has 1 aliphatic heterocycles. The van der Waals surface area contributed by atoms with Crippen LogP contribution in [0.25, 0.3) is 0 Å². The van der Waals surface area contributed by atoms with Crippen molar-refractivity contribution in [3.8, 4) is 0 Å². The van der Waals surface area contributed by atoms with Crippen LogP contribution in [0.1, 0.15) is 39.5 Å². The maximum Gasteiger partial charge on any atom is 0.292 e. The molecule has 1 heterocycles. The Morgan fingerprint density at radius 3 is 2.14 bits per heavy atom. The summed E-state index contributed by atoms with van der Waals surface area (Å²) in [6.45, 7) is 6.40. The molecule has 2 aliphatic rings. The highest BCUT2D eigenvalue weighted by Gasteiger charge is 2.26. The highest BCUT2D eigenvalue weighted by molar-refractivity contribution is 7.89. The fourth-order valence-electron chi connectivity index (χ4n) is 2.31.